The first-order chi connectivity index (χ1) is 13.8. The summed E-state index contributed by atoms with van der Waals surface area (Å²) in [5, 5.41) is 3.95. The van der Waals surface area contributed by atoms with Crippen molar-refractivity contribution < 1.29 is 19.0 Å². The molecule has 2 aliphatic rings. The van der Waals surface area contributed by atoms with E-state index in [-0.39, 0.29) is 18.9 Å². The Morgan fingerprint density at radius 2 is 2.04 bits per heavy atom. The lowest BCUT2D eigenvalue weighted by Gasteiger charge is -2.18. The van der Waals surface area contributed by atoms with Crippen LogP contribution in [0.1, 0.15) is 6.42 Å². The van der Waals surface area contributed by atoms with Crippen molar-refractivity contribution in [2.45, 2.75) is 12.5 Å². The Labute approximate surface area is 161 Å². The number of anilines is 1. The van der Waals surface area contributed by atoms with Crippen molar-refractivity contribution in [3.63, 3.8) is 0 Å². The first kappa shape index (κ1) is 16.7. The molecule has 0 spiro atoms. The van der Waals surface area contributed by atoms with Gasteiger partial charge < -0.3 is 24.4 Å². The number of pyridine rings is 1. The average Bonchev–Trinajstić information content (AvgIpc) is 3.37. The molecule has 2 aromatic carbocycles. The predicted octanol–water partition coefficient (Wildman–Crippen LogP) is 3.65. The molecule has 7 heteroatoms. The van der Waals surface area contributed by atoms with Crippen molar-refractivity contribution >= 4 is 22.6 Å². The molecule has 1 saturated heterocycles. The Kier molecular flexibility index (Phi) is 4.12. The van der Waals surface area contributed by atoms with Gasteiger partial charge in [-0.1, -0.05) is 18.2 Å². The molecule has 28 heavy (non-hydrogen) atoms. The molecule has 2 aliphatic heterocycles. The van der Waals surface area contributed by atoms with E-state index in [9.17, 15) is 4.79 Å². The number of hydrogen-bond acceptors (Lipinski definition) is 5. The van der Waals surface area contributed by atoms with Crippen molar-refractivity contribution in [2.24, 2.45) is 0 Å². The van der Waals surface area contributed by atoms with Gasteiger partial charge in [0.1, 0.15) is 17.4 Å². The molecule has 0 saturated carbocycles. The molecule has 0 radical (unpaired) electrons. The molecule has 3 aromatic rings. The van der Waals surface area contributed by atoms with Crippen LogP contribution in [0, 0.1) is 0 Å². The minimum Gasteiger partial charge on any atom is -0.486 e. The number of para-hydroxylation sites is 1. The van der Waals surface area contributed by atoms with Gasteiger partial charge in [-0.15, -0.1) is 0 Å². The molecule has 0 aliphatic carbocycles. The fraction of sp³-hybridized carbons (Fsp3) is 0.238. The van der Waals surface area contributed by atoms with E-state index < -0.39 is 0 Å². The van der Waals surface area contributed by atoms with Crippen molar-refractivity contribution in [3.8, 4) is 17.2 Å². The number of amides is 2. The van der Waals surface area contributed by atoms with E-state index in [0.29, 0.717) is 30.3 Å². The minimum absolute atomic E-state index is 0.0601. The van der Waals surface area contributed by atoms with Gasteiger partial charge in [-0.25, -0.2) is 4.79 Å². The number of urea groups is 1. The average molecular weight is 377 g/mol. The summed E-state index contributed by atoms with van der Waals surface area (Å²) in [4.78, 5) is 18.8. The van der Waals surface area contributed by atoms with Crippen molar-refractivity contribution in [1.29, 1.82) is 0 Å². The van der Waals surface area contributed by atoms with Crippen LogP contribution in [0.3, 0.4) is 0 Å². The SMILES string of the molecule is O=C(Nc1ccc2c(c1)OCO2)N1CCC(Oc2cccc3cccnc23)C1. The Balaban J connectivity index is 1.23. The molecule has 1 atom stereocenters. The third kappa shape index (κ3) is 3.15. The van der Waals surface area contributed by atoms with Crippen LogP contribution >= 0.6 is 0 Å². The molecule has 0 bridgehead atoms. The number of fused-ring (bicyclic) bond motifs is 2. The van der Waals surface area contributed by atoms with Crippen LogP contribution in [0.15, 0.2) is 54.7 Å². The summed E-state index contributed by atoms with van der Waals surface area (Å²) in [6.07, 6.45) is 2.47. The molecule has 1 fully saturated rings. The molecule has 1 aromatic heterocycles. The highest BCUT2D eigenvalue weighted by Gasteiger charge is 2.28. The van der Waals surface area contributed by atoms with Crippen LogP contribution in [0.4, 0.5) is 10.5 Å². The number of likely N-dealkylation sites (tertiary alicyclic amines) is 1. The van der Waals surface area contributed by atoms with E-state index in [4.69, 9.17) is 14.2 Å². The lowest BCUT2D eigenvalue weighted by atomic mass is 10.2. The predicted molar refractivity (Wildman–Crippen MR) is 104 cm³/mol. The van der Waals surface area contributed by atoms with Crippen molar-refractivity contribution in [3.05, 3.63) is 54.7 Å². The number of nitrogens with one attached hydrogen (secondary N) is 1. The van der Waals surface area contributed by atoms with E-state index in [1.165, 1.54) is 0 Å². The van der Waals surface area contributed by atoms with Gasteiger partial charge in [-0.05, 0) is 24.3 Å². The van der Waals surface area contributed by atoms with Gasteiger partial charge in [0.15, 0.2) is 11.5 Å². The van der Waals surface area contributed by atoms with Crippen molar-refractivity contribution in [2.75, 3.05) is 25.2 Å². The summed E-state index contributed by atoms with van der Waals surface area (Å²) in [6.45, 7) is 1.37. The Morgan fingerprint density at radius 3 is 3.00 bits per heavy atom. The summed E-state index contributed by atoms with van der Waals surface area (Å²) in [6, 6.07) is 15.0. The first-order valence-corrected chi connectivity index (χ1v) is 9.22. The second-order valence-corrected chi connectivity index (χ2v) is 6.80. The number of rotatable bonds is 3. The van der Waals surface area contributed by atoms with Crippen molar-refractivity contribution in [1.82, 2.24) is 9.88 Å². The van der Waals surface area contributed by atoms with Gasteiger partial charge >= 0.3 is 6.03 Å². The highest BCUT2D eigenvalue weighted by Crippen LogP contribution is 2.34. The topological polar surface area (TPSA) is 72.9 Å². The molecule has 7 nitrogen and oxygen atoms in total. The fourth-order valence-corrected chi connectivity index (χ4v) is 3.54. The zero-order valence-electron chi connectivity index (χ0n) is 15.1. The molecular formula is C21H19N3O4. The lowest BCUT2D eigenvalue weighted by Crippen LogP contribution is -2.34. The monoisotopic (exact) mass is 377 g/mol. The zero-order chi connectivity index (χ0) is 18.9. The maximum Gasteiger partial charge on any atom is 0.321 e. The van der Waals surface area contributed by atoms with Crippen LogP contribution < -0.4 is 19.5 Å². The summed E-state index contributed by atoms with van der Waals surface area (Å²) in [5.74, 6) is 2.08. The molecule has 3 heterocycles. The van der Waals surface area contributed by atoms with E-state index in [2.05, 4.69) is 10.3 Å². The molecule has 142 valence electrons. The van der Waals surface area contributed by atoms with Gasteiger partial charge in [0, 0.05) is 36.3 Å². The van der Waals surface area contributed by atoms with Gasteiger partial charge in [0.25, 0.3) is 0 Å². The van der Waals surface area contributed by atoms with Gasteiger partial charge in [0.05, 0.1) is 6.54 Å². The number of nitrogens with zero attached hydrogens (tertiary/aromatic N) is 2. The maximum atomic E-state index is 12.6. The molecular weight excluding hydrogens is 358 g/mol. The zero-order valence-corrected chi connectivity index (χ0v) is 15.1. The standard InChI is InChI=1S/C21H19N3O4/c25-21(23-15-6-7-17-19(11-15)27-13-26-17)24-10-8-16(12-24)28-18-5-1-3-14-4-2-9-22-20(14)18/h1-7,9,11,16H,8,10,12-13H2,(H,23,25). The van der Waals surface area contributed by atoms with Gasteiger partial charge in [-0.2, -0.15) is 0 Å². The number of ether oxygens (including phenoxy) is 3. The van der Waals surface area contributed by atoms with Crippen LogP contribution in [0.2, 0.25) is 0 Å². The Morgan fingerprint density at radius 1 is 1.14 bits per heavy atom. The fourth-order valence-electron chi connectivity index (χ4n) is 3.54. The van der Waals surface area contributed by atoms with Crippen LogP contribution in [-0.4, -0.2) is 41.9 Å². The largest absolute Gasteiger partial charge is 0.486 e. The first-order valence-electron chi connectivity index (χ1n) is 9.22. The Hall–Kier alpha value is -3.48. The van der Waals surface area contributed by atoms with Crippen LogP contribution in [0.5, 0.6) is 17.2 Å². The third-order valence-electron chi connectivity index (χ3n) is 4.95. The summed E-state index contributed by atoms with van der Waals surface area (Å²) >= 11 is 0. The second kappa shape index (κ2) is 6.92. The van der Waals surface area contributed by atoms with E-state index >= 15 is 0 Å². The quantitative estimate of drug-likeness (QED) is 0.754. The second-order valence-electron chi connectivity index (χ2n) is 6.80. The Bertz CT molecular complexity index is 1030. The maximum absolute atomic E-state index is 12.6. The summed E-state index contributed by atoms with van der Waals surface area (Å²) in [7, 11) is 0. The third-order valence-corrected chi connectivity index (χ3v) is 4.95. The van der Waals surface area contributed by atoms with Gasteiger partial charge in [0.2, 0.25) is 6.79 Å². The molecule has 5 rings (SSSR count). The van der Waals surface area contributed by atoms with Gasteiger partial charge in [-0.3, -0.25) is 4.98 Å². The molecule has 1 N–H and O–H groups in total. The number of hydrogen-bond donors (Lipinski definition) is 1. The minimum atomic E-state index is -0.152. The number of benzene rings is 2. The van der Waals surface area contributed by atoms with E-state index in [1.807, 2.05) is 30.3 Å². The number of carbonyl (C=O) groups is 1. The van der Waals surface area contributed by atoms with E-state index in [0.717, 1.165) is 23.1 Å². The van der Waals surface area contributed by atoms with Crippen LogP contribution in [0.25, 0.3) is 10.9 Å². The smallest absolute Gasteiger partial charge is 0.321 e. The summed E-state index contributed by atoms with van der Waals surface area (Å²) in [5.41, 5.74) is 1.52. The van der Waals surface area contributed by atoms with Crippen LogP contribution in [-0.2, 0) is 0 Å². The highest BCUT2D eigenvalue weighted by atomic mass is 16.7. The molecule has 1 unspecified atom stereocenters. The van der Waals surface area contributed by atoms with E-state index in [1.54, 1.807) is 29.3 Å². The molecule has 2 amide bonds. The number of carbonyl (C=O) groups excluding carboxylic acids is 1. The lowest BCUT2D eigenvalue weighted by molar-refractivity contribution is 0.174. The number of aromatic nitrogens is 1. The normalized spacial score (nSPS) is 17.7. The summed E-state index contributed by atoms with van der Waals surface area (Å²) < 4.78 is 16.8. The highest BCUT2D eigenvalue weighted by molar-refractivity contribution is 5.90.